The van der Waals surface area contributed by atoms with Gasteiger partial charge in [0.2, 0.25) is 0 Å². The largest absolute Gasteiger partial charge is 0.370 e. The van der Waals surface area contributed by atoms with Crippen molar-refractivity contribution >= 4 is 11.7 Å². The van der Waals surface area contributed by atoms with Gasteiger partial charge in [0.1, 0.15) is 12.1 Å². The highest BCUT2D eigenvalue weighted by molar-refractivity contribution is 5.74. The molecular weight excluding hydrogens is 323 g/mol. The maximum atomic E-state index is 14.3. The molecule has 2 rings (SSSR count). The minimum Gasteiger partial charge on any atom is -0.370 e. The Labute approximate surface area is 147 Å². The number of hydrogen-bond acceptors (Lipinski definition) is 4. The maximum Gasteiger partial charge on any atom is 0.315 e. The van der Waals surface area contributed by atoms with Crippen LogP contribution in [-0.4, -0.2) is 33.9 Å². The van der Waals surface area contributed by atoms with E-state index < -0.39 is 0 Å². The Morgan fingerprint density at radius 2 is 2.08 bits per heavy atom. The third-order valence-electron chi connectivity index (χ3n) is 4.05. The molecule has 0 unspecified atom stereocenters. The fourth-order valence-corrected chi connectivity index (χ4v) is 2.66. The van der Waals surface area contributed by atoms with E-state index in [9.17, 15) is 9.18 Å². The fourth-order valence-electron chi connectivity index (χ4n) is 2.66. The molecule has 0 radical (unpaired) electrons. The molecule has 2 N–H and O–H groups in total. The first-order valence-corrected chi connectivity index (χ1v) is 8.37. The van der Waals surface area contributed by atoms with Crippen LogP contribution in [0.2, 0.25) is 0 Å². The molecule has 25 heavy (non-hydrogen) atoms. The first-order valence-electron chi connectivity index (χ1n) is 8.37. The summed E-state index contributed by atoms with van der Waals surface area (Å²) < 4.78 is 16.0. The molecular formula is C17H25FN6O. The van der Waals surface area contributed by atoms with E-state index >= 15 is 0 Å². The number of amides is 2. The molecule has 0 aliphatic heterocycles. The van der Waals surface area contributed by atoms with Gasteiger partial charge in [0, 0.05) is 26.7 Å². The lowest BCUT2D eigenvalue weighted by atomic mass is 10.2. The van der Waals surface area contributed by atoms with E-state index in [0.29, 0.717) is 17.1 Å². The SMILES string of the molecule is CCN(CC)c1ccc(CNC(=O)N[C@@H](C)c2nncn2C)cc1F. The van der Waals surface area contributed by atoms with E-state index in [0.717, 1.165) is 13.1 Å². The first-order chi connectivity index (χ1) is 12.0. The van der Waals surface area contributed by atoms with Gasteiger partial charge in [-0.2, -0.15) is 0 Å². The van der Waals surface area contributed by atoms with Crippen LogP contribution in [0.5, 0.6) is 0 Å². The zero-order chi connectivity index (χ0) is 18.4. The Morgan fingerprint density at radius 1 is 1.36 bits per heavy atom. The number of carbonyl (C=O) groups excluding carboxylic acids is 1. The maximum absolute atomic E-state index is 14.3. The fraction of sp³-hybridized carbons (Fsp3) is 0.471. The molecule has 0 saturated carbocycles. The summed E-state index contributed by atoms with van der Waals surface area (Å²) in [7, 11) is 1.81. The Balaban J connectivity index is 1.91. The molecule has 0 aliphatic carbocycles. The number of halogens is 1. The number of rotatable bonds is 7. The summed E-state index contributed by atoms with van der Waals surface area (Å²) in [5, 5.41) is 13.3. The van der Waals surface area contributed by atoms with Gasteiger partial charge in [0.15, 0.2) is 5.82 Å². The molecule has 0 bridgehead atoms. The summed E-state index contributed by atoms with van der Waals surface area (Å²) in [6.45, 7) is 7.53. The third kappa shape index (κ3) is 4.68. The van der Waals surface area contributed by atoms with E-state index in [1.807, 2.05) is 38.8 Å². The van der Waals surface area contributed by atoms with Crippen molar-refractivity contribution in [1.82, 2.24) is 25.4 Å². The molecule has 1 aromatic carbocycles. The Kier molecular flexibility index (Phi) is 6.32. The van der Waals surface area contributed by atoms with Gasteiger partial charge in [-0.15, -0.1) is 10.2 Å². The molecule has 1 aromatic heterocycles. The van der Waals surface area contributed by atoms with Crippen molar-refractivity contribution in [2.45, 2.75) is 33.4 Å². The predicted molar refractivity (Wildman–Crippen MR) is 94.8 cm³/mol. The van der Waals surface area contributed by atoms with E-state index in [4.69, 9.17) is 0 Å². The minimum absolute atomic E-state index is 0.243. The van der Waals surface area contributed by atoms with Crippen LogP contribution in [0.1, 0.15) is 38.2 Å². The van der Waals surface area contributed by atoms with E-state index in [-0.39, 0.29) is 24.4 Å². The van der Waals surface area contributed by atoms with Crippen LogP contribution in [0.25, 0.3) is 0 Å². The molecule has 2 aromatic rings. The van der Waals surface area contributed by atoms with E-state index in [1.54, 1.807) is 17.0 Å². The lowest BCUT2D eigenvalue weighted by Gasteiger charge is -2.22. The summed E-state index contributed by atoms with van der Waals surface area (Å²) in [4.78, 5) is 14.0. The number of benzene rings is 1. The Bertz CT molecular complexity index is 713. The van der Waals surface area contributed by atoms with Crippen molar-refractivity contribution in [2.24, 2.45) is 7.05 Å². The van der Waals surface area contributed by atoms with Crippen molar-refractivity contribution in [3.05, 3.63) is 41.7 Å². The van der Waals surface area contributed by atoms with Crippen molar-refractivity contribution in [3.8, 4) is 0 Å². The van der Waals surface area contributed by atoms with Crippen LogP contribution in [0.4, 0.5) is 14.9 Å². The molecule has 0 fully saturated rings. The average Bonchev–Trinajstić information content (AvgIpc) is 3.02. The number of urea groups is 1. The summed E-state index contributed by atoms with van der Waals surface area (Å²) in [5.74, 6) is 0.376. The summed E-state index contributed by atoms with van der Waals surface area (Å²) in [5.41, 5.74) is 1.28. The molecule has 8 heteroatoms. The standard InChI is InChI=1S/C17H25FN6O/c1-5-24(6-2)15-8-7-13(9-14(15)18)10-19-17(25)21-12(3)16-22-20-11-23(16)4/h7-9,11-12H,5-6,10H2,1-4H3,(H2,19,21,25)/t12-/m0/s1. The monoisotopic (exact) mass is 348 g/mol. The van der Waals surface area contributed by atoms with E-state index in [1.165, 1.54) is 6.07 Å². The molecule has 1 heterocycles. The third-order valence-corrected chi connectivity index (χ3v) is 4.05. The van der Waals surface area contributed by atoms with Crippen molar-refractivity contribution in [1.29, 1.82) is 0 Å². The van der Waals surface area contributed by atoms with Crippen LogP contribution >= 0.6 is 0 Å². The van der Waals surface area contributed by atoms with Crippen molar-refractivity contribution in [3.63, 3.8) is 0 Å². The molecule has 0 aliphatic rings. The Morgan fingerprint density at radius 3 is 2.64 bits per heavy atom. The number of hydrogen-bond donors (Lipinski definition) is 2. The number of aryl methyl sites for hydroxylation is 1. The van der Waals surface area contributed by atoms with Gasteiger partial charge in [-0.1, -0.05) is 6.07 Å². The van der Waals surface area contributed by atoms with Gasteiger partial charge in [-0.25, -0.2) is 9.18 Å². The summed E-state index contributed by atoms with van der Waals surface area (Å²) >= 11 is 0. The van der Waals surface area contributed by atoms with Gasteiger partial charge < -0.3 is 20.1 Å². The molecule has 136 valence electrons. The lowest BCUT2D eigenvalue weighted by molar-refractivity contribution is 0.237. The van der Waals surface area contributed by atoms with E-state index in [2.05, 4.69) is 20.8 Å². The van der Waals surface area contributed by atoms with Gasteiger partial charge in [-0.05, 0) is 38.5 Å². The van der Waals surface area contributed by atoms with Crippen LogP contribution in [0.3, 0.4) is 0 Å². The second kappa shape index (κ2) is 8.46. The lowest BCUT2D eigenvalue weighted by Crippen LogP contribution is -2.37. The smallest absolute Gasteiger partial charge is 0.315 e. The molecule has 2 amide bonds. The van der Waals surface area contributed by atoms with Crippen LogP contribution < -0.4 is 15.5 Å². The highest BCUT2D eigenvalue weighted by Gasteiger charge is 2.14. The van der Waals surface area contributed by atoms with Crippen LogP contribution in [0.15, 0.2) is 24.5 Å². The summed E-state index contributed by atoms with van der Waals surface area (Å²) in [6, 6.07) is 4.40. The number of nitrogens with one attached hydrogen (secondary N) is 2. The van der Waals surface area contributed by atoms with Gasteiger partial charge >= 0.3 is 6.03 Å². The zero-order valence-electron chi connectivity index (χ0n) is 15.1. The number of aromatic nitrogens is 3. The van der Waals surface area contributed by atoms with Gasteiger partial charge in [0.25, 0.3) is 0 Å². The number of carbonyl (C=O) groups is 1. The van der Waals surface area contributed by atoms with Crippen LogP contribution in [0, 0.1) is 5.82 Å². The van der Waals surface area contributed by atoms with Gasteiger partial charge in [0.05, 0.1) is 11.7 Å². The van der Waals surface area contributed by atoms with Gasteiger partial charge in [-0.3, -0.25) is 0 Å². The number of nitrogens with zero attached hydrogens (tertiary/aromatic N) is 4. The molecule has 1 atom stereocenters. The molecule has 0 spiro atoms. The topological polar surface area (TPSA) is 75.1 Å². The second-order valence-electron chi connectivity index (χ2n) is 5.81. The van der Waals surface area contributed by atoms with Crippen molar-refractivity contribution in [2.75, 3.05) is 18.0 Å². The molecule has 7 nitrogen and oxygen atoms in total. The highest BCUT2D eigenvalue weighted by atomic mass is 19.1. The normalized spacial score (nSPS) is 11.9. The van der Waals surface area contributed by atoms with Crippen LogP contribution in [-0.2, 0) is 13.6 Å². The summed E-state index contributed by atoms with van der Waals surface area (Å²) in [6.07, 6.45) is 1.58. The molecule has 0 saturated heterocycles. The quantitative estimate of drug-likeness (QED) is 0.805. The predicted octanol–water partition coefficient (Wildman–Crippen LogP) is 2.36. The minimum atomic E-state index is -0.344. The second-order valence-corrected chi connectivity index (χ2v) is 5.81. The Hall–Kier alpha value is -2.64. The average molecular weight is 348 g/mol. The first kappa shape index (κ1) is 18.7. The number of anilines is 1. The van der Waals surface area contributed by atoms with Crippen molar-refractivity contribution < 1.29 is 9.18 Å². The highest BCUT2D eigenvalue weighted by Crippen LogP contribution is 2.20. The zero-order valence-corrected chi connectivity index (χ0v) is 15.1.